The highest BCUT2D eigenvalue weighted by Gasteiger charge is 2.32. The van der Waals surface area contributed by atoms with Crippen molar-refractivity contribution < 1.29 is 0 Å². The van der Waals surface area contributed by atoms with Gasteiger partial charge in [-0.25, -0.2) is 0 Å². The van der Waals surface area contributed by atoms with Crippen LogP contribution >= 0.6 is 0 Å². The van der Waals surface area contributed by atoms with Gasteiger partial charge in [0.15, 0.2) is 0 Å². The number of aromatic nitrogens is 1. The Morgan fingerprint density at radius 2 is 2.29 bits per heavy atom. The van der Waals surface area contributed by atoms with Gasteiger partial charge in [0, 0.05) is 30.9 Å². The molecule has 0 spiro atoms. The molecule has 0 aliphatic carbocycles. The van der Waals surface area contributed by atoms with Crippen molar-refractivity contribution in [3.63, 3.8) is 0 Å². The Balaban J connectivity index is 2.30. The van der Waals surface area contributed by atoms with Gasteiger partial charge in [0.2, 0.25) is 0 Å². The van der Waals surface area contributed by atoms with Crippen molar-refractivity contribution in [2.75, 3.05) is 18.0 Å². The third-order valence-electron chi connectivity index (χ3n) is 3.61. The highest BCUT2D eigenvalue weighted by atomic mass is 15.3. The molecule has 1 fully saturated rings. The molecule has 3 nitrogen and oxygen atoms in total. The first-order chi connectivity index (χ1) is 8.03. The normalized spacial score (nSPS) is 23.8. The molecule has 1 N–H and O–H groups in total. The van der Waals surface area contributed by atoms with Crippen molar-refractivity contribution >= 4 is 5.69 Å². The minimum Gasteiger partial charge on any atom is -0.364 e. The van der Waals surface area contributed by atoms with Gasteiger partial charge >= 0.3 is 0 Å². The van der Waals surface area contributed by atoms with Crippen molar-refractivity contribution in [3.05, 3.63) is 24.0 Å². The largest absolute Gasteiger partial charge is 0.364 e. The highest BCUT2D eigenvalue weighted by molar-refractivity contribution is 5.52. The smallest absolute Gasteiger partial charge is 0.0586 e. The zero-order valence-corrected chi connectivity index (χ0v) is 11.3. The first-order valence-electron chi connectivity index (χ1n) is 6.46. The Morgan fingerprint density at radius 1 is 1.53 bits per heavy atom. The molecule has 17 heavy (non-hydrogen) atoms. The van der Waals surface area contributed by atoms with E-state index < -0.39 is 0 Å². The van der Waals surface area contributed by atoms with E-state index in [4.69, 9.17) is 0 Å². The molecule has 0 amide bonds. The molecule has 2 heterocycles. The minimum atomic E-state index is 0.175. The van der Waals surface area contributed by atoms with Crippen LogP contribution in [0.1, 0.15) is 32.8 Å². The molecular weight excluding hydrogens is 210 g/mol. The first-order valence-corrected chi connectivity index (χ1v) is 6.46. The molecule has 94 valence electrons. The van der Waals surface area contributed by atoms with Gasteiger partial charge in [-0.3, -0.25) is 4.98 Å². The van der Waals surface area contributed by atoms with Crippen molar-refractivity contribution in [1.29, 1.82) is 0 Å². The van der Waals surface area contributed by atoms with Crippen molar-refractivity contribution in [1.82, 2.24) is 10.3 Å². The molecule has 1 aliphatic rings. The number of nitrogens with one attached hydrogen (secondary N) is 1. The van der Waals surface area contributed by atoms with Crippen molar-refractivity contribution in [2.24, 2.45) is 0 Å². The third kappa shape index (κ3) is 2.60. The van der Waals surface area contributed by atoms with Crippen LogP contribution in [-0.4, -0.2) is 29.7 Å². The van der Waals surface area contributed by atoms with E-state index >= 15 is 0 Å². The van der Waals surface area contributed by atoms with E-state index in [1.165, 1.54) is 11.3 Å². The van der Waals surface area contributed by atoms with Crippen LogP contribution in [0.5, 0.6) is 0 Å². The van der Waals surface area contributed by atoms with Crippen LogP contribution in [0, 0.1) is 6.92 Å². The summed E-state index contributed by atoms with van der Waals surface area (Å²) in [4.78, 5) is 6.79. The number of piperazine rings is 1. The van der Waals surface area contributed by atoms with E-state index in [0.717, 1.165) is 19.5 Å². The quantitative estimate of drug-likeness (QED) is 0.850. The summed E-state index contributed by atoms with van der Waals surface area (Å²) in [6.07, 6.45) is 5.03. The molecule has 1 atom stereocenters. The maximum atomic E-state index is 4.28. The van der Waals surface area contributed by atoms with Crippen molar-refractivity contribution in [2.45, 2.75) is 45.7 Å². The Hall–Kier alpha value is -1.09. The van der Waals surface area contributed by atoms with E-state index in [-0.39, 0.29) is 5.54 Å². The van der Waals surface area contributed by atoms with Crippen LogP contribution in [0.4, 0.5) is 5.69 Å². The molecule has 1 aromatic heterocycles. The summed E-state index contributed by atoms with van der Waals surface area (Å²) in [5.74, 6) is 0. The van der Waals surface area contributed by atoms with Gasteiger partial charge in [0.25, 0.3) is 0 Å². The van der Waals surface area contributed by atoms with Gasteiger partial charge in [0.1, 0.15) is 0 Å². The fraction of sp³-hybridized carbons (Fsp3) is 0.643. The lowest BCUT2D eigenvalue weighted by atomic mass is 9.96. The standard InChI is InChI=1S/C14H23N3/c1-5-12-8-16-14(3,4)10-17(12)13-9-15-7-6-11(13)2/h6-7,9,12,16H,5,8,10H2,1-4H3. The van der Waals surface area contributed by atoms with Crippen LogP contribution in [0.2, 0.25) is 0 Å². The van der Waals surface area contributed by atoms with E-state index in [1.54, 1.807) is 0 Å². The Bertz CT molecular complexity index is 387. The maximum Gasteiger partial charge on any atom is 0.0586 e. The molecule has 0 bridgehead atoms. The van der Waals surface area contributed by atoms with E-state index in [0.29, 0.717) is 6.04 Å². The summed E-state index contributed by atoms with van der Waals surface area (Å²) in [5, 5.41) is 3.62. The van der Waals surface area contributed by atoms with Gasteiger partial charge in [0.05, 0.1) is 11.9 Å². The van der Waals surface area contributed by atoms with Gasteiger partial charge < -0.3 is 10.2 Å². The van der Waals surface area contributed by atoms with Gasteiger partial charge in [-0.2, -0.15) is 0 Å². The Kier molecular flexibility index (Phi) is 3.38. The molecule has 1 aromatic rings. The van der Waals surface area contributed by atoms with Crippen LogP contribution in [0.15, 0.2) is 18.5 Å². The van der Waals surface area contributed by atoms with Gasteiger partial charge in [-0.1, -0.05) is 6.92 Å². The summed E-state index contributed by atoms with van der Waals surface area (Å²) in [6.45, 7) is 11.0. The first kappa shape index (κ1) is 12.4. The summed E-state index contributed by atoms with van der Waals surface area (Å²) >= 11 is 0. The summed E-state index contributed by atoms with van der Waals surface area (Å²) in [5.41, 5.74) is 2.78. The second kappa shape index (κ2) is 4.65. The highest BCUT2D eigenvalue weighted by Crippen LogP contribution is 2.26. The monoisotopic (exact) mass is 233 g/mol. The third-order valence-corrected chi connectivity index (χ3v) is 3.61. The fourth-order valence-corrected chi connectivity index (χ4v) is 2.52. The minimum absolute atomic E-state index is 0.175. The number of aryl methyl sites for hydroxylation is 1. The van der Waals surface area contributed by atoms with Crippen molar-refractivity contribution in [3.8, 4) is 0 Å². The Morgan fingerprint density at radius 3 is 2.94 bits per heavy atom. The molecule has 0 radical (unpaired) electrons. The summed E-state index contributed by atoms with van der Waals surface area (Å²) in [7, 11) is 0. The Labute approximate surface area is 104 Å². The number of hydrogen-bond donors (Lipinski definition) is 1. The van der Waals surface area contributed by atoms with E-state index in [1.807, 2.05) is 12.4 Å². The second-order valence-corrected chi connectivity index (χ2v) is 5.62. The maximum absolute atomic E-state index is 4.28. The lowest BCUT2D eigenvalue weighted by molar-refractivity contribution is 0.306. The number of hydrogen-bond acceptors (Lipinski definition) is 3. The molecule has 2 rings (SSSR count). The average molecular weight is 233 g/mol. The molecule has 1 aliphatic heterocycles. The molecule has 1 unspecified atom stereocenters. The molecule has 3 heteroatoms. The van der Waals surface area contributed by atoms with E-state index in [9.17, 15) is 0 Å². The van der Waals surface area contributed by atoms with E-state index in [2.05, 4.69) is 49.0 Å². The summed E-state index contributed by atoms with van der Waals surface area (Å²) in [6, 6.07) is 2.67. The predicted octanol–water partition coefficient (Wildman–Crippen LogP) is 2.36. The number of nitrogens with zero attached hydrogens (tertiary/aromatic N) is 2. The fourth-order valence-electron chi connectivity index (χ4n) is 2.52. The number of pyridine rings is 1. The van der Waals surface area contributed by atoms with Crippen LogP contribution in [-0.2, 0) is 0 Å². The predicted molar refractivity (Wildman–Crippen MR) is 72.5 cm³/mol. The number of rotatable bonds is 2. The number of anilines is 1. The van der Waals surface area contributed by atoms with Crippen LogP contribution in [0.3, 0.4) is 0 Å². The van der Waals surface area contributed by atoms with Gasteiger partial charge in [-0.15, -0.1) is 0 Å². The van der Waals surface area contributed by atoms with Crippen LogP contribution < -0.4 is 10.2 Å². The van der Waals surface area contributed by atoms with Crippen LogP contribution in [0.25, 0.3) is 0 Å². The second-order valence-electron chi connectivity index (χ2n) is 5.62. The molecule has 1 saturated heterocycles. The lowest BCUT2D eigenvalue weighted by Crippen LogP contribution is -2.61. The molecular formula is C14H23N3. The SMILES string of the molecule is CCC1CNC(C)(C)CN1c1cnccc1C. The zero-order valence-electron chi connectivity index (χ0n) is 11.3. The van der Waals surface area contributed by atoms with Gasteiger partial charge in [-0.05, 0) is 38.8 Å². The molecule has 0 aromatic carbocycles. The molecule has 0 saturated carbocycles. The topological polar surface area (TPSA) is 28.2 Å². The lowest BCUT2D eigenvalue weighted by Gasteiger charge is -2.46. The zero-order chi connectivity index (χ0) is 12.5. The summed E-state index contributed by atoms with van der Waals surface area (Å²) < 4.78 is 0. The average Bonchev–Trinajstić information content (AvgIpc) is 2.28.